The van der Waals surface area contributed by atoms with Crippen molar-refractivity contribution in [3.8, 4) is 11.1 Å². The van der Waals surface area contributed by atoms with Gasteiger partial charge in [-0.3, -0.25) is 4.79 Å². The van der Waals surface area contributed by atoms with Crippen molar-refractivity contribution in [1.29, 1.82) is 0 Å². The number of aromatic nitrogens is 3. The number of nitrogens with zero attached hydrogens (tertiary/aromatic N) is 3. The van der Waals surface area contributed by atoms with Crippen molar-refractivity contribution in [1.82, 2.24) is 20.0 Å². The van der Waals surface area contributed by atoms with E-state index in [-0.39, 0.29) is 24.1 Å². The van der Waals surface area contributed by atoms with Crippen LogP contribution in [0.3, 0.4) is 0 Å². The Morgan fingerprint density at radius 1 is 1.29 bits per heavy atom. The largest absolute Gasteiger partial charge is 0.393 e. The second kappa shape index (κ2) is 6.44. The number of aliphatic hydroxyl groups excluding tert-OH is 1. The molecule has 3 heterocycles. The first-order chi connectivity index (χ1) is 13.5. The third-order valence-corrected chi connectivity index (χ3v) is 6.04. The molecule has 1 atom stereocenters. The summed E-state index contributed by atoms with van der Waals surface area (Å²) in [5, 5.41) is 17.0. The number of fused-ring (bicyclic) bond motifs is 1. The van der Waals surface area contributed by atoms with Gasteiger partial charge in [0.15, 0.2) is 0 Å². The maximum atomic E-state index is 12.0. The molecule has 0 unspecified atom stereocenters. The summed E-state index contributed by atoms with van der Waals surface area (Å²) >= 11 is 0. The molecular formula is C21H24N4O3. The van der Waals surface area contributed by atoms with Gasteiger partial charge in [-0.15, -0.1) is 0 Å². The molecule has 0 radical (unpaired) electrons. The van der Waals surface area contributed by atoms with Crippen molar-refractivity contribution in [3.63, 3.8) is 0 Å². The number of imidazole rings is 1. The topological polar surface area (TPSA) is 93.2 Å². The minimum atomic E-state index is -0.252. The Morgan fingerprint density at radius 2 is 2.11 bits per heavy atom. The van der Waals surface area contributed by atoms with Crippen LogP contribution in [-0.2, 0) is 4.79 Å². The van der Waals surface area contributed by atoms with Crippen molar-refractivity contribution in [2.75, 3.05) is 0 Å². The van der Waals surface area contributed by atoms with Crippen LogP contribution in [0.25, 0.3) is 22.2 Å². The molecule has 28 heavy (non-hydrogen) atoms. The summed E-state index contributed by atoms with van der Waals surface area (Å²) in [7, 11) is 0. The molecular weight excluding hydrogens is 356 g/mol. The number of hydrogen-bond acceptors (Lipinski definition) is 5. The lowest BCUT2D eigenvalue weighted by Crippen LogP contribution is -2.37. The van der Waals surface area contributed by atoms with E-state index in [0.717, 1.165) is 65.1 Å². The van der Waals surface area contributed by atoms with Gasteiger partial charge in [0.05, 0.1) is 28.9 Å². The van der Waals surface area contributed by atoms with E-state index in [9.17, 15) is 9.90 Å². The summed E-state index contributed by atoms with van der Waals surface area (Å²) < 4.78 is 7.55. The maximum Gasteiger partial charge on any atom is 0.220 e. The molecule has 2 N–H and O–H groups in total. The van der Waals surface area contributed by atoms with Gasteiger partial charge < -0.3 is 19.5 Å². The zero-order chi connectivity index (χ0) is 19.4. The van der Waals surface area contributed by atoms with E-state index in [1.807, 2.05) is 13.8 Å². The number of hydrogen-bond donors (Lipinski definition) is 2. The first-order valence-electron chi connectivity index (χ1n) is 9.94. The zero-order valence-electron chi connectivity index (χ0n) is 16.1. The molecule has 0 bridgehead atoms. The lowest BCUT2D eigenvalue weighted by molar-refractivity contribution is -0.123. The number of piperidine rings is 1. The Kier molecular flexibility index (Phi) is 4.01. The average molecular weight is 380 g/mol. The van der Waals surface area contributed by atoms with Gasteiger partial charge in [-0.25, -0.2) is 4.98 Å². The smallest absolute Gasteiger partial charge is 0.220 e. The Balaban J connectivity index is 1.63. The van der Waals surface area contributed by atoms with E-state index in [0.29, 0.717) is 6.42 Å². The van der Waals surface area contributed by atoms with Crippen molar-refractivity contribution >= 4 is 16.9 Å². The molecule has 0 spiro atoms. The number of aliphatic hydroxyl groups is 1. The fourth-order valence-corrected chi connectivity index (χ4v) is 4.57. The predicted octanol–water partition coefficient (Wildman–Crippen LogP) is 3.35. The standard InChI is InChI=1S/C21H24N4O3/c1-11-20(12(2)28-24-11)13-6-7-18-17(8-13)23-21(16-4-3-5-19(27)22-16)25(18)14-9-15(26)10-14/h6-8,14-16,26H,3-5,9-10H2,1-2H3,(H,22,27)/t14?,15?,16-/m0/s1. The number of carbonyl (C=O) groups is 1. The number of benzene rings is 1. The molecule has 1 aromatic carbocycles. The molecule has 1 aliphatic heterocycles. The van der Waals surface area contributed by atoms with Gasteiger partial charge in [0.25, 0.3) is 0 Å². The molecule has 2 fully saturated rings. The summed E-state index contributed by atoms with van der Waals surface area (Å²) in [5.74, 6) is 1.77. The lowest BCUT2D eigenvalue weighted by Gasteiger charge is -2.35. The van der Waals surface area contributed by atoms with Crippen LogP contribution < -0.4 is 5.32 Å². The van der Waals surface area contributed by atoms with Crippen LogP contribution >= 0.6 is 0 Å². The third kappa shape index (κ3) is 2.73. The highest BCUT2D eigenvalue weighted by molar-refractivity contribution is 5.84. The number of rotatable bonds is 3. The third-order valence-electron chi connectivity index (χ3n) is 6.04. The highest BCUT2D eigenvalue weighted by Crippen LogP contribution is 2.39. The molecule has 1 saturated carbocycles. The van der Waals surface area contributed by atoms with Gasteiger partial charge in [0.1, 0.15) is 11.6 Å². The number of amides is 1. The molecule has 1 aliphatic carbocycles. The van der Waals surface area contributed by atoms with Gasteiger partial charge in [-0.05, 0) is 57.2 Å². The Bertz CT molecular complexity index is 1040. The van der Waals surface area contributed by atoms with E-state index in [1.165, 1.54) is 0 Å². The van der Waals surface area contributed by atoms with Crippen LogP contribution in [0.4, 0.5) is 0 Å². The summed E-state index contributed by atoms with van der Waals surface area (Å²) in [5.41, 5.74) is 4.83. The van der Waals surface area contributed by atoms with E-state index < -0.39 is 0 Å². The van der Waals surface area contributed by atoms with Crippen molar-refractivity contribution in [3.05, 3.63) is 35.5 Å². The van der Waals surface area contributed by atoms with Gasteiger partial charge >= 0.3 is 0 Å². The lowest BCUT2D eigenvalue weighted by atomic mass is 9.88. The van der Waals surface area contributed by atoms with E-state index in [4.69, 9.17) is 9.51 Å². The maximum absolute atomic E-state index is 12.0. The van der Waals surface area contributed by atoms with Crippen LogP contribution in [0.15, 0.2) is 22.7 Å². The molecule has 3 aromatic rings. The van der Waals surface area contributed by atoms with E-state index in [1.54, 1.807) is 0 Å². The zero-order valence-corrected chi connectivity index (χ0v) is 16.1. The molecule has 146 valence electrons. The predicted molar refractivity (Wildman–Crippen MR) is 104 cm³/mol. The van der Waals surface area contributed by atoms with Crippen molar-refractivity contribution in [2.45, 2.75) is 64.1 Å². The van der Waals surface area contributed by atoms with Gasteiger partial charge in [0, 0.05) is 18.0 Å². The average Bonchev–Trinajstić information content (AvgIpc) is 3.18. The Labute approximate surface area is 162 Å². The monoisotopic (exact) mass is 380 g/mol. The molecule has 7 nitrogen and oxygen atoms in total. The summed E-state index contributed by atoms with van der Waals surface area (Å²) in [4.78, 5) is 16.9. The molecule has 2 aliphatic rings. The Hall–Kier alpha value is -2.67. The second-order valence-corrected chi connectivity index (χ2v) is 8.03. The van der Waals surface area contributed by atoms with Crippen LogP contribution in [0.1, 0.15) is 61.5 Å². The molecule has 5 rings (SSSR count). The van der Waals surface area contributed by atoms with Crippen LogP contribution in [0, 0.1) is 13.8 Å². The fourth-order valence-electron chi connectivity index (χ4n) is 4.57. The van der Waals surface area contributed by atoms with Crippen LogP contribution in [0.2, 0.25) is 0 Å². The minimum absolute atomic E-state index is 0.0751. The molecule has 1 saturated heterocycles. The van der Waals surface area contributed by atoms with Crippen molar-refractivity contribution < 1.29 is 14.4 Å². The summed E-state index contributed by atoms with van der Waals surface area (Å²) in [6.07, 6.45) is 3.54. The Morgan fingerprint density at radius 3 is 2.79 bits per heavy atom. The SMILES string of the molecule is Cc1noc(C)c1-c1ccc2c(c1)nc([C@@H]1CCCC(=O)N1)n2C1CC(O)C1. The first kappa shape index (κ1) is 17.4. The van der Waals surface area contributed by atoms with Crippen LogP contribution in [0.5, 0.6) is 0 Å². The second-order valence-electron chi connectivity index (χ2n) is 8.03. The fraction of sp³-hybridized carbons (Fsp3) is 0.476. The van der Waals surface area contributed by atoms with E-state index >= 15 is 0 Å². The number of nitrogens with one attached hydrogen (secondary N) is 1. The van der Waals surface area contributed by atoms with Crippen molar-refractivity contribution in [2.24, 2.45) is 0 Å². The highest BCUT2D eigenvalue weighted by Gasteiger charge is 2.34. The first-order valence-corrected chi connectivity index (χ1v) is 9.94. The molecule has 1 amide bonds. The molecule has 7 heteroatoms. The van der Waals surface area contributed by atoms with Crippen LogP contribution in [-0.4, -0.2) is 31.8 Å². The molecule has 2 aromatic heterocycles. The number of carbonyl (C=O) groups excluding carboxylic acids is 1. The summed E-state index contributed by atoms with van der Waals surface area (Å²) in [6, 6.07) is 6.38. The summed E-state index contributed by atoms with van der Waals surface area (Å²) in [6.45, 7) is 3.85. The highest BCUT2D eigenvalue weighted by atomic mass is 16.5. The normalized spacial score (nSPS) is 25.0. The minimum Gasteiger partial charge on any atom is -0.393 e. The number of aryl methyl sites for hydroxylation is 2. The quantitative estimate of drug-likeness (QED) is 0.727. The van der Waals surface area contributed by atoms with Gasteiger partial charge in [-0.1, -0.05) is 11.2 Å². The van der Waals surface area contributed by atoms with Gasteiger partial charge in [0.2, 0.25) is 5.91 Å². The van der Waals surface area contributed by atoms with E-state index in [2.05, 4.69) is 33.2 Å². The van der Waals surface area contributed by atoms with Gasteiger partial charge in [-0.2, -0.15) is 0 Å².